The lowest BCUT2D eigenvalue weighted by Gasteiger charge is -2.30. The summed E-state index contributed by atoms with van der Waals surface area (Å²) in [7, 11) is -2.61. The Morgan fingerprint density at radius 2 is 1.54 bits per heavy atom. The summed E-state index contributed by atoms with van der Waals surface area (Å²) >= 11 is 0. The summed E-state index contributed by atoms with van der Waals surface area (Å²) in [4.78, 5) is 14.0. The van der Waals surface area contributed by atoms with Gasteiger partial charge in [0.25, 0.3) is 0 Å². The summed E-state index contributed by atoms with van der Waals surface area (Å²) in [6.07, 6.45) is 5.51. The summed E-state index contributed by atoms with van der Waals surface area (Å²) in [5, 5.41) is 4.07. The summed E-state index contributed by atoms with van der Waals surface area (Å²) in [5.41, 5.74) is -0.180. The number of aromatic nitrogens is 2. The van der Waals surface area contributed by atoms with E-state index in [4.69, 9.17) is 0 Å². The quantitative estimate of drug-likeness (QED) is 0.551. The Balaban J connectivity index is 4.11. The fourth-order valence-electron chi connectivity index (χ4n) is 2.84. The lowest BCUT2D eigenvalue weighted by molar-refractivity contribution is -0.119. The molecule has 0 aliphatic carbocycles. The predicted molar refractivity (Wildman–Crippen MR) is 114 cm³/mol. The number of ketones is 1. The molecule has 0 bridgehead atoms. The zero-order valence-electron chi connectivity index (χ0n) is 18.1. The van der Waals surface area contributed by atoms with Gasteiger partial charge in [-0.2, -0.15) is 5.10 Å². The Morgan fingerprint density at radius 3 is 1.85 bits per heavy atom. The van der Waals surface area contributed by atoms with Crippen molar-refractivity contribution in [3.05, 3.63) is 24.5 Å². The van der Waals surface area contributed by atoms with Gasteiger partial charge in [-0.05, 0) is 21.0 Å². The number of carbonyl (C=O) groups excluding carboxylic acids is 1. The maximum absolute atomic E-state index is 14.3. The molecule has 1 rings (SSSR count). The van der Waals surface area contributed by atoms with Gasteiger partial charge < -0.3 is 0 Å². The molecule has 0 radical (unpaired) electrons. The zero-order valence-corrected chi connectivity index (χ0v) is 18.9. The molecule has 0 fully saturated rings. The van der Waals surface area contributed by atoms with E-state index in [0.29, 0.717) is 10.6 Å². The maximum Gasteiger partial charge on any atom is 0.178 e. The SMILES string of the molecule is CC(C)S(=O)(=C(C(=O)C(C)(C)C)/C(=C\C(C)(C)C)n1cccn1)C(C)C. The van der Waals surface area contributed by atoms with E-state index in [1.807, 2.05) is 66.8 Å². The van der Waals surface area contributed by atoms with Crippen molar-refractivity contribution in [2.45, 2.75) is 79.7 Å². The van der Waals surface area contributed by atoms with E-state index in [-0.39, 0.29) is 21.7 Å². The lowest BCUT2D eigenvalue weighted by atomic mass is 9.86. The first-order valence-electron chi connectivity index (χ1n) is 9.29. The van der Waals surface area contributed by atoms with Gasteiger partial charge in [-0.25, -0.2) is 4.68 Å². The second-order valence-corrected chi connectivity index (χ2v) is 13.1. The third kappa shape index (κ3) is 4.87. The molecule has 0 saturated heterocycles. The van der Waals surface area contributed by atoms with E-state index < -0.39 is 14.9 Å². The van der Waals surface area contributed by atoms with Crippen molar-refractivity contribution in [1.82, 2.24) is 9.78 Å². The zero-order chi connectivity index (χ0) is 20.5. The first-order chi connectivity index (χ1) is 11.6. The Labute approximate surface area is 160 Å². The Morgan fingerprint density at radius 1 is 1.04 bits per heavy atom. The molecule has 148 valence electrons. The van der Waals surface area contributed by atoms with Crippen molar-refractivity contribution in [2.24, 2.45) is 10.8 Å². The van der Waals surface area contributed by atoms with E-state index in [1.165, 1.54) is 0 Å². The molecule has 0 atom stereocenters. The van der Waals surface area contributed by atoms with E-state index in [2.05, 4.69) is 25.9 Å². The van der Waals surface area contributed by atoms with E-state index in [1.54, 1.807) is 10.9 Å². The van der Waals surface area contributed by atoms with E-state index >= 15 is 0 Å². The molecule has 0 N–H and O–H groups in total. The van der Waals surface area contributed by atoms with E-state index in [9.17, 15) is 9.00 Å². The smallest absolute Gasteiger partial charge is 0.178 e. The molecule has 0 aromatic carbocycles. The molecular weight excluding hydrogens is 344 g/mol. The van der Waals surface area contributed by atoms with Crippen LogP contribution in [0.2, 0.25) is 0 Å². The van der Waals surface area contributed by atoms with Crippen LogP contribution in [-0.2, 0) is 14.3 Å². The highest BCUT2D eigenvalue weighted by Crippen LogP contribution is 2.29. The Kier molecular flexibility index (Phi) is 6.73. The molecule has 1 heterocycles. The maximum atomic E-state index is 14.3. The van der Waals surface area contributed by atoms with Gasteiger partial charge in [0.2, 0.25) is 0 Å². The van der Waals surface area contributed by atoms with Gasteiger partial charge in [0.1, 0.15) is 0 Å². The highest BCUT2D eigenvalue weighted by molar-refractivity contribution is 8.05. The predicted octanol–water partition coefficient (Wildman–Crippen LogP) is 4.66. The third-order valence-electron chi connectivity index (χ3n) is 4.16. The van der Waals surface area contributed by atoms with Crippen LogP contribution in [0.15, 0.2) is 24.5 Å². The topological polar surface area (TPSA) is 52.0 Å². The number of carbonyl (C=O) groups is 1. The van der Waals surface area contributed by atoms with Crippen LogP contribution in [0, 0.1) is 10.8 Å². The van der Waals surface area contributed by atoms with Crippen molar-refractivity contribution in [1.29, 1.82) is 0 Å². The van der Waals surface area contributed by atoms with Crippen LogP contribution in [0.25, 0.3) is 5.70 Å². The molecule has 5 heteroatoms. The van der Waals surface area contributed by atoms with Crippen molar-refractivity contribution in [3.63, 3.8) is 0 Å². The minimum atomic E-state index is -2.61. The second-order valence-electron chi connectivity index (χ2n) is 9.50. The van der Waals surface area contributed by atoms with Crippen molar-refractivity contribution in [3.8, 4) is 0 Å². The summed E-state index contributed by atoms with van der Waals surface area (Å²) in [5.74, 6) is -0.0732. The molecule has 0 saturated carbocycles. The first-order valence-corrected chi connectivity index (χ1v) is 11.0. The number of hydrogen-bond acceptors (Lipinski definition) is 3. The summed E-state index contributed by atoms with van der Waals surface area (Å²) in [6.45, 7) is 19.6. The average Bonchev–Trinajstić information content (AvgIpc) is 2.97. The molecule has 0 amide bonds. The third-order valence-corrected chi connectivity index (χ3v) is 7.99. The number of allylic oxidation sites excluding steroid dienone is 2. The Hall–Kier alpha value is -1.36. The fourth-order valence-corrected chi connectivity index (χ4v) is 5.94. The van der Waals surface area contributed by atoms with Crippen LogP contribution >= 0.6 is 0 Å². The molecular formula is C21H36N2O2S. The van der Waals surface area contributed by atoms with Crippen molar-refractivity contribution < 1.29 is 9.00 Å². The summed E-state index contributed by atoms with van der Waals surface area (Å²) in [6, 6.07) is 1.82. The number of Topliss-reactive ketones (excluding diaryl/α,β-unsaturated/α-hetero) is 1. The molecule has 1 aromatic heterocycles. The molecule has 4 nitrogen and oxygen atoms in total. The van der Waals surface area contributed by atoms with Crippen LogP contribution in [0.3, 0.4) is 0 Å². The van der Waals surface area contributed by atoms with Gasteiger partial charge in [-0.3, -0.25) is 9.00 Å². The van der Waals surface area contributed by atoms with Crippen LogP contribution < -0.4 is 0 Å². The van der Waals surface area contributed by atoms with E-state index in [0.717, 1.165) is 0 Å². The molecule has 0 unspecified atom stereocenters. The summed E-state index contributed by atoms with van der Waals surface area (Å²) < 4.78 is 15.9. The van der Waals surface area contributed by atoms with Crippen molar-refractivity contribution in [2.75, 3.05) is 0 Å². The van der Waals surface area contributed by atoms with Gasteiger partial charge in [-0.15, -0.1) is 0 Å². The minimum absolute atomic E-state index is 0.0732. The molecule has 1 aromatic rings. The normalized spacial score (nSPS) is 14.2. The highest BCUT2D eigenvalue weighted by Gasteiger charge is 2.36. The average molecular weight is 381 g/mol. The first kappa shape index (κ1) is 22.7. The van der Waals surface area contributed by atoms with Gasteiger partial charge in [0.05, 0.1) is 10.6 Å². The molecule has 0 aliphatic heterocycles. The standard InChI is InChI=1S/C21H36N2O2S/c1-15(2)26(25,16(3)4)18(19(24)21(8,9)10)17(14-20(5,6)7)23-13-11-12-22-23/h11-16H,1-10H3/b17-14+. The van der Waals surface area contributed by atoms with Gasteiger partial charge in [0.15, 0.2) is 5.78 Å². The van der Waals surface area contributed by atoms with Crippen molar-refractivity contribution >= 4 is 25.9 Å². The highest BCUT2D eigenvalue weighted by atomic mass is 32.2. The van der Waals surface area contributed by atoms with Crippen LogP contribution in [0.4, 0.5) is 0 Å². The van der Waals surface area contributed by atoms with Crippen LogP contribution in [0.5, 0.6) is 0 Å². The number of rotatable bonds is 5. The van der Waals surface area contributed by atoms with Crippen LogP contribution in [-0.4, -0.2) is 35.1 Å². The fraction of sp³-hybridized carbons (Fsp3) is 0.667. The molecule has 26 heavy (non-hydrogen) atoms. The molecule has 0 aliphatic rings. The minimum Gasteiger partial charge on any atom is -0.293 e. The van der Waals surface area contributed by atoms with Gasteiger partial charge in [0, 0.05) is 28.3 Å². The monoisotopic (exact) mass is 380 g/mol. The number of hydrogen-bond donors (Lipinski definition) is 0. The Bertz CT molecular complexity index is 763. The largest absolute Gasteiger partial charge is 0.293 e. The number of nitrogens with zero attached hydrogens (tertiary/aromatic N) is 2. The molecule has 0 spiro atoms. The van der Waals surface area contributed by atoms with Gasteiger partial charge >= 0.3 is 0 Å². The van der Waals surface area contributed by atoms with Crippen LogP contribution in [0.1, 0.15) is 69.2 Å². The lowest BCUT2D eigenvalue weighted by Crippen LogP contribution is -2.41. The van der Waals surface area contributed by atoms with Gasteiger partial charge in [-0.1, -0.05) is 75.3 Å². The second kappa shape index (κ2) is 7.71.